The molecule has 0 spiro atoms. The van der Waals surface area contributed by atoms with Gasteiger partial charge in [0.05, 0.1) is 12.7 Å². The molecular formula is C15H21NO3. The van der Waals surface area contributed by atoms with Crippen molar-refractivity contribution in [3.8, 4) is 0 Å². The highest BCUT2D eigenvalue weighted by atomic mass is 16.5. The fourth-order valence-corrected chi connectivity index (χ4v) is 1.72. The molecular weight excluding hydrogens is 242 g/mol. The Morgan fingerprint density at radius 1 is 1.53 bits per heavy atom. The lowest BCUT2D eigenvalue weighted by atomic mass is 10.1. The molecule has 1 amide bonds. The van der Waals surface area contributed by atoms with E-state index in [1.165, 1.54) is 18.1 Å². The van der Waals surface area contributed by atoms with Gasteiger partial charge < -0.3 is 14.7 Å². The minimum Gasteiger partial charge on any atom is -0.389 e. The van der Waals surface area contributed by atoms with Crippen LogP contribution in [0.2, 0.25) is 0 Å². The van der Waals surface area contributed by atoms with Crippen molar-refractivity contribution in [3.63, 3.8) is 0 Å². The summed E-state index contributed by atoms with van der Waals surface area (Å²) in [6, 6.07) is 7.90. The average molecular weight is 263 g/mol. The lowest BCUT2D eigenvalue weighted by Crippen LogP contribution is -2.35. The van der Waals surface area contributed by atoms with Gasteiger partial charge in [0.2, 0.25) is 5.91 Å². The summed E-state index contributed by atoms with van der Waals surface area (Å²) in [6.07, 6.45) is 2.62. The number of likely N-dealkylation sites (N-methyl/N-ethyl adjacent to an activating group) is 1. The van der Waals surface area contributed by atoms with Gasteiger partial charge in [-0.25, -0.2) is 0 Å². The summed E-state index contributed by atoms with van der Waals surface area (Å²) in [5.74, 6) is -0.142. The molecule has 0 heterocycles. The number of amides is 1. The Kier molecular flexibility index (Phi) is 6.25. The summed E-state index contributed by atoms with van der Waals surface area (Å²) in [6.45, 7) is 2.48. The molecule has 4 heteroatoms. The first-order chi connectivity index (χ1) is 9.02. The zero-order chi connectivity index (χ0) is 14.3. The van der Waals surface area contributed by atoms with Crippen LogP contribution in [0.4, 0.5) is 0 Å². The Labute approximate surface area is 114 Å². The molecule has 1 aromatic rings. The molecule has 4 nitrogen and oxygen atoms in total. The summed E-state index contributed by atoms with van der Waals surface area (Å²) in [4.78, 5) is 13.3. The molecule has 0 radical (unpaired) electrons. The molecule has 0 aromatic heterocycles. The summed E-state index contributed by atoms with van der Waals surface area (Å²) < 4.78 is 4.82. The molecule has 0 aliphatic rings. The van der Waals surface area contributed by atoms with Gasteiger partial charge in [-0.3, -0.25) is 4.79 Å². The maximum atomic E-state index is 11.8. The molecule has 0 fully saturated rings. The smallest absolute Gasteiger partial charge is 0.246 e. The van der Waals surface area contributed by atoms with Crippen molar-refractivity contribution in [3.05, 3.63) is 41.5 Å². The third-order valence-corrected chi connectivity index (χ3v) is 2.68. The van der Waals surface area contributed by atoms with E-state index in [0.717, 1.165) is 11.1 Å². The van der Waals surface area contributed by atoms with Crippen LogP contribution < -0.4 is 0 Å². The molecule has 0 bridgehead atoms. The average Bonchev–Trinajstić information content (AvgIpc) is 2.36. The molecule has 0 saturated carbocycles. The number of carbonyl (C=O) groups excluding carboxylic acids is 1. The molecule has 1 unspecified atom stereocenters. The van der Waals surface area contributed by atoms with E-state index in [0.29, 0.717) is 0 Å². The third-order valence-electron chi connectivity index (χ3n) is 2.68. The van der Waals surface area contributed by atoms with Gasteiger partial charge in [-0.05, 0) is 18.6 Å². The minimum atomic E-state index is -0.661. The van der Waals surface area contributed by atoms with Crippen LogP contribution in [0.15, 0.2) is 30.3 Å². The van der Waals surface area contributed by atoms with E-state index in [4.69, 9.17) is 4.74 Å². The predicted octanol–water partition coefficient (Wildman–Crippen LogP) is 1.47. The number of methoxy groups -OCH3 is 1. The lowest BCUT2D eigenvalue weighted by Gasteiger charge is -2.18. The maximum absolute atomic E-state index is 11.8. The number of hydrogen-bond acceptors (Lipinski definition) is 3. The van der Waals surface area contributed by atoms with Crippen LogP contribution >= 0.6 is 0 Å². The van der Waals surface area contributed by atoms with Crippen molar-refractivity contribution in [2.24, 2.45) is 0 Å². The van der Waals surface area contributed by atoms with Gasteiger partial charge in [0, 0.05) is 26.8 Å². The Hall–Kier alpha value is -1.65. The summed E-state index contributed by atoms with van der Waals surface area (Å²) in [7, 11) is 3.17. The fourth-order valence-electron chi connectivity index (χ4n) is 1.72. The summed E-state index contributed by atoms with van der Waals surface area (Å²) >= 11 is 0. The number of hydrogen-bond donors (Lipinski definition) is 1. The first-order valence-electron chi connectivity index (χ1n) is 6.19. The van der Waals surface area contributed by atoms with E-state index in [9.17, 15) is 9.90 Å². The SMILES string of the molecule is COCC(O)CN(C)C(=O)C=Cc1cccc(C)c1. The van der Waals surface area contributed by atoms with Gasteiger partial charge in [0.15, 0.2) is 0 Å². The number of nitrogens with zero attached hydrogens (tertiary/aromatic N) is 1. The van der Waals surface area contributed by atoms with E-state index >= 15 is 0 Å². The third kappa shape index (κ3) is 5.68. The van der Waals surface area contributed by atoms with Crippen molar-refractivity contribution in [2.75, 3.05) is 27.3 Å². The van der Waals surface area contributed by atoms with Crippen molar-refractivity contribution in [1.82, 2.24) is 4.90 Å². The molecule has 0 aliphatic carbocycles. The van der Waals surface area contributed by atoms with Gasteiger partial charge in [0.25, 0.3) is 0 Å². The van der Waals surface area contributed by atoms with Gasteiger partial charge in [0.1, 0.15) is 0 Å². The first-order valence-corrected chi connectivity index (χ1v) is 6.19. The van der Waals surface area contributed by atoms with Crippen molar-refractivity contribution in [1.29, 1.82) is 0 Å². The standard InChI is InChI=1S/C15H21NO3/c1-12-5-4-6-13(9-12)7-8-15(18)16(2)10-14(17)11-19-3/h4-9,14,17H,10-11H2,1-3H3. The zero-order valence-electron chi connectivity index (χ0n) is 11.7. The van der Waals surface area contributed by atoms with Gasteiger partial charge in [-0.2, -0.15) is 0 Å². The predicted molar refractivity (Wildman–Crippen MR) is 75.7 cm³/mol. The van der Waals surface area contributed by atoms with Crippen molar-refractivity contribution in [2.45, 2.75) is 13.0 Å². The van der Waals surface area contributed by atoms with Gasteiger partial charge in [-0.1, -0.05) is 29.8 Å². The molecule has 1 N–H and O–H groups in total. The number of benzene rings is 1. The number of aliphatic hydroxyl groups excluding tert-OH is 1. The zero-order valence-corrected chi connectivity index (χ0v) is 11.7. The number of aliphatic hydroxyl groups is 1. The van der Waals surface area contributed by atoms with Gasteiger partial charge >= 0.3 is 0 Å². The Balaban J connectivity index is 2.54. The van der Waals surface area contributed by atoms with E-state index in [2.05, 4.69) is 0 Å². The van der Waals surface area contributed by atoms with Crippen LogP contribution in [-0.2, 0) is 9.53 Å². The van der Waals surface area contributed by atoms with Crippen LogP contribution in [0.25, 0.3) is 6.08 Å². The maximum Gasteiger partial charge on any atom is 0.246 e. The highest BCUT2D eigenvalue weighted by Gasteiger charge is 2.10. The number of aryl methyl sites for hydroxylation is 1. The first kappa shape index (κ1) is 15.4. The highest BCUT2D eigenvalue weighted by molar-refractivity contribution is 5.91. The Morgan fingerprint density at radius 3 is 2.89 bits per heavy atom. The van der Waals surface area contributed by atoms with E-state index < -0.39 is 6.10 Å². The minimum absolute atomic E-state index is 0.142. The monoisotopic (exact) mass is 263 g/mol. The number of rotatable bonds is 6. The van der Waals surface area contributed by atoms with Crippen LogP contribution in [0, 0.1) is 6.92 Å². The second-order valence-electron chi connectivity index (χ2n) is 4.58. The summed E-state index contributed by atoms with van der Waals surface area (Å²) in [5, 5.41) is 9.55. The fraction of sp³-hybridized carbons (Fsp3) is 0.400. The highest BCUT2D eigenvalue weighted by Crippen LogP contribution is 2.06. The van der Waals surface area contributed by atoms with Gasteiger partial charge in [-0.15, -0.1) is 0 Å². The van der Waals surface area contributed by atoms with Crippen LogP contribution in [-0.4, -0.2) is 49.3 Å². The second-order valence-corrected chi connectivity index (χ2v) is 4.58. The summed E-state index contributed by atoms with van der Waals surface area (Å²) in [5.41, 5.74) is 2.14. The molecule has 0 saturated heterocycles. The van der Waals surface area contributed by atoms with Crippen LogP contribution in [0.1, 0.15) is 11.1 Å². The second kappa shape index (κ2) is 7.71. The number of ether oxygens (including phenoxy) is 1. The Morgan fingerprint density at radius 2 is 2.26 bits per heavy atom. The Bertz CT molecular complexity index is 443. The van der Waals surface area contributed by atoms with Crippen LogP contribution in [0.3, 0.4) is 0 Å². The van der Waals surface area contributed by atoms with Crippen molar-refractivity contribution >= 4 is 12.0 Å². The van der Waals surface area contributed by atoms with Crippen molar-refractivity contribution < 1.29 is 14.6 Å². The quantitative estimate of drug-likeness (QED) is 0.791. The molecule has 0 aliphatic heterocycles. The van der Waals surface area contributed by atoms with E-state index in [1.54, 1.807) is 13.1 Å². The normalized spacial score (nSPS) is 12.6. The molecule has 1 rings (SSSR count). The van der Waals surface area contributed by atoms with Crippen LogP contribution in [0.5, 0.6) is 0 Å². The van der Waals surface area contributed by atoms with E-state index in [1.807, 2.05) is 31.2 Å². The molecule has 1 aromatic carbocycles. The lowest BCUT2D eigenvalue weighted by molar-refractivity contribution is -0.126. The molecule has 1 atom stereocenters. The largest absolute Gasteiger partial charge is 0.389 e. The number of carbonyl (C=O) groups is 1. The topological polar surface area (TPSA) is 49.8 Å². The van der Waals surface area contributed by atoms with E-state index in [-0.39, 0.29) is 19.1 Å². The molecule has 19 heavy (non-hydrogen) atoms. The molecule has 104 valence electrons.